The Morgan fingerprint density at radius 3 is 2.72 bits per heavy atom. The molecule has 3 nitrogen and oxygen atoms in total. The highest BCUT2D eigenvalue weighted by atomic mass is 16.6. The summed E-state index contributed by atoms with van der Waals surface area (Å²) < 4.78 is 5.20. The van der Waals surface area contributed by atoms with Gasteiger partial charge in [0.2, 0.25) is 0 Å². The van der Waals surface area contributed by atoms with Crippen LogP contribution in [0.25, 0.3) is 0 Å². The zero-order valence-corrected chi connectivity index (χ0v) is 11.3. The number of hydrogen-bond donors (Lipinski definition) is 1. The molecule has 0 bridgehead atoms. The summed E-state index contributed by atoms with van der Waals surface area (Å²) in [5, 5.41) is 2.78. The number of alkyl carbamates (subject to hydrolysis) is 1. The van der Waals surface area contributed by atoms with Crippen LogP contribution in [0, 0.1) is 0 Å². The maximum atomic E-state index is 11.5. The molecule has 1 saturated carbocycles. The number of rotatable bonds is 3. The van der Waals surface area contributed by atoms with Crippen LogP contribution in [0.5, 0.6) is 0 Å². The molecular weight excluding hydrogens is 226 g/mol. The van der Waals surface area contributed by atoms with E-state index in [1.807, 2.05) is 26.8 Å². The molecule has 1 aliphatic carbocycles. The lowest BCUT2D eigenvalue weighted by Crippen LogP contribution is -2.32. The summed E-state index contributed by atoms with van der Waals surface area (Å²) in [5.41, 5.74) is 2.07. The summed E-state index contributed by atoms with van der Waals surface area (Å²) in [4.78, 5) is 11.5. The van der Waals surface area contributed by atoms with Gasteiger partial charge in [0.05, 0.1) is 0 Å². The lowest BCUT2D eigenvalue weighted by Gasteiger charge is -2.19. The molecule has 0 heterocycles. The molecule has 1 aromatic carbocycles. The number of carbonyl (C=O) groups is 1. The quantitative estimate of drug-likeness (QED) is 0.886. The first kappa shape index (κ1) is 12.9. The van der Waals surface area contributed by atoms with E-state index in [-0.39, 0.29) is 6.09 Å². The minimum atomic E-state index is -0.444. The van der Waals surface area contributed by atoms with Crippen LogP contribution in [0.4, 0.5) is 4.79 Å². The molecule has 0 spiro atoms. The highest BCUT2D eigenvalue weighted by molar-refractivity contribution is 5.67. The molecule has 1 N–H and O–H groups in total. The standard InChI is InChI=1S/C15H21NO2/c1-15(2,3)18-14(17)16-10-11-5-4-6-13(9-11)12-7-8-12/h4-6,9,12H,7-8,10H2,1-3H3,(H,16,17). The Labute approximate surface area is 109 Å². The van der Waals surface area contributed by atoms with E-state index in [9.17, 15) is 4.79 Å². The first-order chi connectivity index (χ1) is 8.44. The molecule has 0 radical (unpaired) electrons. The second kappa shape index (κ2) is 5.01. The highest BCUT2D eigenvalue weighted by Crippen LogP contribution is 2.40. The fraction of sp³-hybridized carbons (Fsp3) is 0.533. The second-order valence-electron chi connectivity index (χ2n) is 5.87. The van der Waals surface area contributed by atoms with Crippen molar-refractivity contribution in [1.29, 1.82) is 0 Å². The Hall–Kier alpha value is -1.51. The molecule has 2 rings (SSSR count). The first-order valence-electron chi connectivity index (χ1n) is 6.50. The van der Waals surface area contributed by atoms with Crippen LogP contribution in [0.1, 0.15) is 50.7 Å². The molecule has 0 atom stereocenters. The predicted octanol–water partition coefficient (Wildman–Crippen LogP) is 3.59. The number of nitrogens with one attached hydrogen (secondary N) is 1. The van der Waals surface area contributed by atoms with E-state index in [4.69, 9.17) is 4.74 Å². The number of amides is 1. The van der Waals surface area contributed by atoms with Gasteiger partial charge in [-0.3, -0.25) is 0 Å². The molecular formula is C15H21NO2. The summed E-state index contributed by atoms with van der Waals surface area (Å²) in [5.74, 6) is 0.742. The molecule has 0 aromatic heterocycles. The van der Waals surface area contributed by atoms with Crippen molar-refractivity contribution in [2.45, 2.75) is 51.7 Å². The van der Waals surface area contributed by atoms with E-state index >= 15 is 0 Å². The van der Waals surface area contributed by atoms with Gasteiger partial charge in [-0.15, -0.1) is 0 Å². The minimum absolute atomic E-state index is 0.362. The first-order valence-corrected chi connectivity index (χ1v) is 6.50. The molecule has 1 amide bonds. The van der Waals surface area contributed by atoms with E-state index in [2.05, 4.69) is 23.5 Å². The zero-order chi connectivity index (χ0) is 13.2. The Bertz CT molecular complexity index is 430. The number of ether oxygens (including phenoxy) is 1. The summed E-state index contributed by atoms with van der Waals surface area (Å²) in [6.45, 7) is 6.11. The van der Waals surface area contributed by atoms with Crippen LogP contribution in [0.15, 0.2) is 24.3 Å². The topological polar surface area (TPSA) is 38.3 Å². The van der Waals surface area contributed by atoms with Gasteiger partial charge in [-0.05, 0) is 50.7 Å². The molecule has 0 unspecified atom stereocenters. The van der Waals surface area contributed by atoms with Crippen molar-refractivity contribution in [3.05, 3.63) is 35.4 Å². The zero-order valence-electron chi connectivity index (χ0n) is 11.3. The van der Waals surface area contributed by atoms with Gasteiger partial charge >= 0.3 is 6.09 Å². The van der Waals surface area contributed by atoms with Crippen LogP contribution >= 0.6 is 0 Å². The Kier molecular flexibility index (Phi) is 3.60. The third-order valence-electron chi connectivity index (χ3n) is 2.84. The second-order valence-corrected chi connectivity index (χ2v) is 5.87. The molecule has 3 heteroatoms. The normalized spacial score (nSPS) is 15.3. The SMILES string of the molecule is CC(C)(C)OC(=O)NCc1cccc(C2CC2)c1. The average Bonchev–Trinajstić information content (AvgIpc) is 3.08. The largest absolute Gasteiger partial charge is 0.444 e. The van der Waals surface area contributed by atoms with Gasteiger partial charge in [0, 0.05) is 6.54 Å². The van der Waals surface area contributed by atoms with Crippen molar-refractivity contribution in [2.75, 3.05) is 0 Å². The molecule has 18 heavy (non-hydrogen) atoms. The molecule has 1 aliphatic rings. The minimum Gasteiger partial charge on any atom is -0.444 e. The molecule has 98 valence electrons. The lowest BCUT2D eigenvalue weighted by atomic mass is 10.1. The Balaban J connectivity index is 1.86. The smallest absolute Gasteiger partial charge is 0.407 e. The summed E-state index contributed by atoms with van der Waals surface area (Å²) in [7, 11) is 0. The predicted molar refractivity (Wildman–Crippen MR) is 71.5 cm³/mol. The highest BCUT2D eigenvalue weighted by Gasteiger charge is 2.23. The van der Waals surface area contributed by atoms with E-state index in [0.29, 0.717) is 6.54 Å². The molecule has 0 aliphatic heterocycles. The van der Waals surface area contributed by atoms with Gasteiger partial charge in [0.1, 0.15) is 5.60 Å². The van der Waals surface area contributed by atoms with Crippen molar-refractivity contribution < 1.29 is 9.53 Å². The van der Waals surface area contributed by atoms with Crippen molar-refractivity contribution in [2.24, 2.45) is 0 Å². The van der Waals surface area contributed by atoms with Crippen LogP contribution in [-0.4, -0.2) is 11.7 Å². The van der Waals surface area contributed by atoms with Crippen LogP contribution < -0.4 is 5.32 Å². The summed E-state index contributed by atoms with van der Waals surface area (Å²) in [6.07, 6.45) is 2.23. The molecule has 1 aromatic rings. The van der Waals surface area contributed by atoms with E-state index < -0.39 is 5.60 Å². The van der Waals surface area contributed by atoms with Gasteiger partial charge in [0.25, 0.3) is 0 Å². The van der Waals surface area contributed by atoms with Gasteiger partial charge in [0.15, 0.2) is 0 Å². The van der Waals surface area contributed by atoms with Crippen molar-refractivity contribution >= 4 is 6.09 Å². The Morgan fingerprint density at radius 1 is 1.39 bits per heavy atom. The average molecular weight is 247 g/mol. The maximum Gasteiger partial charge on any atom is 0.407 e. The number of carbonyl (C=O) groups excluding carboxylic acids is 1. The van der Waals surface area contributed by atoms with Crippen LogP contribution in [0.2, 0.25) is 0 Å². The maximum absolute atomic E-state index is 11.5. The van der Waals surface area contributed by atoms with Gasteiger partial charge in [-0.2, -0.15) is 0 Å². The van der Waals surface area contributed by atoms with Crippen molar-refractivity contribution in [1.82, 2.24) is 5.32 Å². The van der Waals surface area contributed by atoms with E-state index in [1.54, 1.807) is 0 Å². The fourth-order valence-electron chi connectivity index (χ4n) is 1.86. The summed E-state index contributed by atoms with van der Waals surface area (Å²) >= 11 is 0. The third kappa shape index (κ3) is 4.06. The number of benzene rings is 1. The summed E-state index contributed by atoms with van der Waals surface area (Å²) in [6, 6.07) is 8.42. The fourth-order valence-corrected chi connectivity index (χ4v) is 1.86. The monoisotopic (exact) mass is 247 g/mol. The van der Waals surface area contributed by atoms with E-state index in [0.717, 1.165) is 11.5 Å². The molecule has 1 fully saturated rings. The molecule has 0 saturated heterocycles. The lowest BCUT2D eigenvalue weighted by molar-refractivity contribution is 0.0523. The van der Waals surface area contributed by atoms with Gasteiger partial charge in [-0.1, -0.05) is 24.3 Å². The van der Waals surface area contributed by atoms with Gasteiger partial charge in [-0.25, -0.2) is 4.79 Å². The van der Waals surface area contributed by atoms with Crippen molar-refractivity contribution in [3.63, 3.8) is 0 Å². The van der Waals surface area contributed by atoms with Gasteiger partial charge < -0.3 is 10.1 Å². The van der Waals surface area contributed by atoms with E-state index in [1.165, 1.54) is 18.4 Å². The van der Waals surface area contributed by atoms with Crippen LogP contribution in [0.3, 0.4) is 0 Å². The number of hydrogen-bond acceptors (Lipinski definition) is 2. The Morgan fingerprint density at radius 2 is 2.11 bits per heavy atom. The third-order valence-corrected chi connectivity index (χ3v) is 2.84. The van der Waals surface area contributed by atoms with Crippen molar-refractivity contribution in [3.8, 4) is 0 Å². The van der Waals surface area contributed by atoms with Crippen LogP contribution in [-0.2, 0) is 11.3 Å².